The number of halogens is 3. The molecule has 1 aliphatic rings. The Kier molecular flexibility index (Phi) is 6.68. The molecule has 1 aromatic heterocycles. The highest BCUT2D eigenvalue weighted by atomic mass is 19.4. The average Bonchev–Trinajstić information content (AvgIpc) is 3.27. The van der Waals surface area contributed by atoms with Gasteiger partial charge in [0.2, 0.25) is 5.95 Å². The maximum absolute atomic E-state index is 13.7. The van der Waals surface area contributed by atoms with Gasteiger partial charge in [-0.15, -0.1) is 0 Å². The van der Waals surface area contributed by atoms with Crippen LogP contribution in [0.5, 0.6) is 5.75 Å². The van der Waals surface area contributed by atoms with Crippen LogP contribution in [0.4, 0.5) is 36.3 Å². The molecule has 0 unspecified atom stereocenters. The smallest absolute Gasteiger partial charge is 0.421 e. The Labute approximate surface area is 197 Å². The van der Waals surface area contributed by atoms with E-state index >= 15 is 0 Å². The molecule has 4 rings (SSSR count). The Balaban J connectivity index is 1.58. The first-order valence-electron chi connectivity index (χ1n) is 11.4. The summed E-state index contributed by atoms with van der Waals surface area (Å²) in [6, 6.07) is 14.6. The van der Waals surface area contributed by atoms with Crippen LogP contribution in [0.3, 0.4) is 0 Å². The largest absolute Gasteiger partial charge is 0.490 e. The van der Waals surface area contributed by atoms with Crippen molar-refractivity contribution in [1.29, 1.82) is 0 Å². The van der Waals surface area contributed by atoms with E-state index < -0.39 is 11.7 Å². The molecule has 1 heterocycles. The van der Waals surface area contributed by atoms with Crippen molar-refractivity contribution in [2.24, 2.45) is 0 Å². The van der Waals surface area contributed by atoms with Gasteiger partial charge in [-0.05, 0) is 67.0 Å². The second kappa shape index (κ2) is 9.52. The Morgan fingerprint density at radius 2 is 1.56 bits per heavy atom. The maximum atomic E-state index is 13.7. The van der Waals surface area contributed by atoms with Crippen molar-refractivity contribution < 1.29 is 17.9 Å². The Morgan fingerprint density at radius 3 is 2.21 bits per heavy atom. The maximum Gasteiger partial charge on any atom is 0.421 e. The number of ether oxygens (including phenoxy) is 1. The van der Waals surface area contributed by atoms with Crippen LogP contribution < -0.4 is 15.4 Å². The summed E-state index contributed by atoms with van der Waals surface area (Å²) in [6.45, 7) is 6.02. The quantitative estimate of drug-likeness (QED) is 0.388. The van der Waals surface area contributed by atoms with E-state index in [-0.39, 0.29) is 23.3 Å². The number of anilines is 4. The molecular weight excluding hydrogens is 441 g/mol. The first kappa shape index (κ1) is 23.9. The molecule has 0 saturated heterocycles. The van der Waals surface area contributed by atoms with Gasteiger partial charge in [0.1, 0.15) is 17.1 Å². The topological polar surface area (TPSA) is 59.1 Å². The minimum atomic E-state index is -4.60. The fraction of sp³-hybridized carbons (Fsp3) is 0.385. The van der Waals surface area contributed by atoms with Crippen molar-refractivity contribution in [1.82, 2.24) is 9.97 Å². The SMILES string of the molecule is CC(C)(C)c1ccccc1Nc1nc(Nc2ccc(OC3CCCC3)cc2)ncc1C(F)(F)F. The molecule has 0 atom stereocenters. The molecule has 0 bridgehead atoms. The monoisotopic (exact) mass is 470 g/mol. The molecular formula is C26H29F3N4O. The van der Waals surface area contributed by atoms with Gasteiger partial charge in [-0.1, -0.05) is 39.0 Å². The molecule has 1 fully saturated rings. The van der Waals surface area contributed by atoms with Crippen LogP contribution in [0.1, 0.15) is 57.6 Å². The summed E-state index contributed by atoms with van der Waals surface area (Å²) in [4.78, 5) is 8.08. The number of alkyl halides is 3. The second-order valence-corrected chi connectivity index (χ2v) is 9.55. The Bertz CT molecular complexity index is 1120. The first-order chi connectivity index (χ1) is 16.1. The van der Waals surface area contributed by atoms with E-state index in [1.165, 1.54) is 12.8 Å². The molecule has 2 aromatic carbocycles. The summed E-state index contributed by atoms with van der Waals surface area (Å²) in [5, 5.41) is 5.89. The molecule has 5 nitrogen and oxygen atoms in total. The van der Waals surface area contributed by atoms with Crippen LogP contribution in [0.25, 0.3) is 0 Å². The van der Waals surface area contributed by atoms with E-state index in [1.54, 1.807) is 24.3 Å². The Hall–Kier alpha value is -3.29. The molecule has 3 aromatic rings. The van der Waals surface area contributed by atoms with E-state index in [9.17, 15) is 13.2 Å². The van der Waals surface area contributed by atoms with Crippen molar-refractivity contribution in [2.45, 2.75) is 64.1 Å². The Morgan fingerprint density at radius 1 is 0.882 bits per heavy atom. The van der Waals surface area contributed by atoms with Crippen molar-refractivity contribution in [3.8, 4) is 5.75 Å². The van der Waals surface area contributed by atoms with Crippen molar-refractivity contribution in [3.63, 3.8) is 0 Å². The lowest BCUT2D eigenvalue weighted by atomic mass is 9.86. The van der Waals surface area contributed by atoms with Gasteiger partial charge in [0.05, 0.1) is 6.10 Å². The van der Waals surface area contributed by atoms with E-state index in [0.29, 0.717) is 11.4 Å². The van der Waals surface area contributed by atoms with Gasteiger partial charge in [0.15, 0.2) is 0 Å². The third kappa shape index (κ3) is 5.79. The third-order valence-corrected chi connectivity index (χ3v) is 5.80. The average molecular weight is 471 g/mol. The zero-order chi connectivity index (χ0) is 24.3. The molecule has 0 amide bonds. The molecule has 1 saturated carbocycles. The number of para-hydroxylation sites is 1. The number of benzene rings is 2. The van der Waals surface area contributed by atoms with Crippen LogP contribution in [0, 0.1) is 0 Å². The lowest BCUT2D eigenvalue weighted by Gasteiger charge is -2.24. The van der Waals surface area contributed by atoms with E-state index in [2.05, 4.69) is 20.6 Å². The predicted molar refractivity (Wildman–Crippen MR) is 128 cm³/mol. The van der Waals surface area contributed by atoms with E-state index in [4.69, 9.17) is 4.74 Å². The van der Waals surface area contributed by atoms with Gasteiger partial charge >= 0.3 is 6.18 Å². The normalized spacial score (nSPS) is 14.8. The number of hydrogen-bond acceptors (Lipinski definition) is 5. The molecule has 2 N–H and O–H groups in total. The van der Waals surface area contributed by atoms with Crippen LogP contribution in [-0.4, -0.2) is 16.1 Å². The summed E-state index contributed by atoms with van der Waals surface area (Å²) in [5.74, 6) is 0.531. The first-order valence-corrected chi connectivity index (χ1v) is 11.4. The molecule has 0 aliphatic heterocycles. The fourth-order valence-corrected chi connectivity index (χ4v) is 4.06. The van der Waals surface area contributed by atoms with Gasteiger partial charge in [-0.3, -0.25) is 0 Å². The highest BCUT2D eigenvalue weighted by Crippen LogP contribution is 2.37. The van der Waals surface area contributed by atoms with Gasteiger partial charge in [0, 0.05) is 17.6 Å². The summed E-state index contributed by atoms with van der Waals surface area (Å²) in [7, 11) is 0. The molecule has 0 spiro atoms. The van der Waals surface area contributed by atoms with Crippen molar-refractivity contribution >= 4 is 23.1 Å². The lowest BCUT2D eigenvalue weighted by molar-refractivity contribution is -0.137. The zero-order valence-electron chi connectivity index (χ0n) is 19.5. The summed E-state index contributed by atoms with van der Waals surface area (Å²) in [5.41, 5.74) is 0.910. The highest BCUT2D eigenvalue weighted by Gasteiger charge is 2.35. The van der Waals surface area contributed by atoms with Gasteiger partial charge in [-0.2, -0.15) is 18.2 Å². The van der Waals surface area contributed by atoms with Crippen molar-refractivity contribution in [2.75, 3.05) is 10.6 Å². The zero-order valence-corrected chi connectivity index (χ0v) is 19.5. The number of nitrogens with one attached hydrogen (secondary N) is 2. The van der Waals surface area contributed by atoms with Crippen LogP contribution >= 0.6 is 0 Å². The van der Waals surface area contributed by atoms with Gasteiger partial charge in [-0.25, -0.2) is 4.98 Å². The molecule has 1 aliphatic carbocycles. The predicted octanol–water partition coefficient (Wildman–Crippen LogP) is 7.60. The summed E-state index contributed by atoms with van der Waals surface area (Å²) in [6.07, 6.45) is 0.951. The molecule has 34 heavy (non-hydrogen) atoms. The summed E-state index contributed by atoms with van der Waals surface area (Å²) >= 11 is 0. The molecule has 180 valence electrons. The standard InChI is InChI=1S/C26H29F3N4O/c1-25(2,3)20-10-6-7-11-22(20)32-23-21(26(27,28)29)16-30-24(33-23)31-17-12-14-19(15-13-17)34-18-8-4-5-9-18/h6-7,10-16,18H,4-5,8-9H2,1-3H3,(H2,30,31,32,33). The molecule has 0 radical (unpaired) electrons. The van der Waals surface area contributed by atoms with Gasteiger partial charge < -0.3 is 15.4 Å². The number of aromatic nitrogens is 2. The highest BCUT2D eigenvalue weighted by molar-refractivity contribution is 5.66. The number of nitrogens with zero attached hydrogens (tertiary/aromatic N) is 2. The van der Waals surface area contributed by atoms with Crippen LogP contribution in [0.2, 0.25) is 0 Å². The lowest BCUT2D eigenvalue weighted by Crippen LogP contribution is -2.16. The number of rotatable bonds is 6. The third-order valence-electron chi connectivity index (χ3n) is 5.80. The van der Waals surface area contributed by atoms with E-state index in [1.807, 2.05) is 45.0 Å². The minimum absolute atomic E-state index is 0.0631. The van der Waals surface area contributed by atoms with Gasteiger partial charge in [0.25, 0.3) is 0 Å². The summed E-state index contributed by atoms with van der Waals surface area (Å²) < 4.78 is 47.1. The fourth-order valence-electron chi connectivity index (χ4n) is 4.06. The van der Waals surface area contributed by atoms with Crippen LogP contribution in [-0.2, 0) is 11.6 Å². The number of hydrogen-bond donors (Lipinski definition) is 2. The minimum Gasteiger partial charge on any atom is -0.490 e. The molecule has 8 heteroatoms. The van der Waals surface area contributed by atoms with Crippen molar-refractivity contribution in [3.05, 3.63) is 65.9 Å². The second-order valence-electron chi connectivity index (χ2n) is 9.55. The van der Waals surface area contributed by atoms with Crippen LogP contribution in [0.15, 0.2) is 54.7 Å². The van der Waals surface area contributed by atoms with E-state index in [0.717, 1.165) is 30.4 Å².